The summed E-state index contributed by atoms with van der Waals surface area (Å²) < 4.78 is 0. The van der Waals surface area contributed by atoms with E-state index < -0.39 is 11.9 Å². The third kappa shape index (κ3) is 4.99. The second-order valence-electron chi connectivity index (χ2n) is 4.94. The SMILES string of the molecule is CCCCCN(CC(C)C(=O)O)C(=O)c1cccnc1. The van der Waals surface area contributed by atoms with Crippen LogP contribution in [-0.2, 0) is 4.79 Å². The van der Waals surface area contributed by atoms with Crippen molar-refractivity contribution >= 4 is 11.9 Å². The minimum Gasteiger partial charge on any atom is -0.481 e. The van der Waals surface area contributed by atoms with Crippen LogP contribution in [0.2, 0.25) is 0 Å². The molecule has 0 radical (unpaired) electrons. The van der Waals surface area contributed by atoms with E-state index in [1.165, 1.54) is 6.20 Å². The van der Waals surface area contributed by atoms with Gasteiger partial charge in [0, 0.05) is 25.5 Å². The highest BCUT2D eigenvalue weighted by Crippen LogP contribution is 2.09. The van der Waals surface area contributed by atoms with Gasteiger partial charge in [-0.2, -0.15) is 0 Å². The smallest absolute Gasteiger partial charge is 0.308 e. The van der Waals surface area contributed by atoms with E-state index in [-0.39, 0.29) is 12.5 Å². The lowest BCUT2D eigenvalue weighted by Crippen LogP contribution is -2.37. The molecule has 1 amide bonds. The molecule has 1 atom stereocenters. The van der Waals surface area contributed by atoms with Crippen molar-refractivity contribution in [3.63, 3.8) is 0 Å². The molecule has 5 nitrogen and oxygen atoms in total. The van der Waals surface area contributed by atoms with Gasteiger partial charge >= 0.3 is 5.97 Å². The highest BCUT2D eigenvalue weighted by molar-refractivity contribution is 5.94. The van der Waals surface area contributed by atoms with Crippen LogP contribution in [0.1, 0.15) is 43.5 Å². The molecule has 1 aromatic rings. The van der Waals surface area contributed by atoms with Crippen molar-refractivity contribution in [3.05, 3.63) is 30.1 Å². The van der Waals surface area contributed by atoms with Crippen LogP contribution < -0.4 is 0 Å². The molecule has 0 fully saturated rings. The van der Waals surface area contributed by atoms with Gasteiger partial charge in [-0.25, -0.2) is 0 Å². The second-order valence-corrected chi connectivity index (χ2v) is 4.94. The molecule has 110 valence electrons. The molecule has 0 aliphatic heterocycles. The number of carbonyl (C=O) groups is 2. The van der Waals surface area contributed by atoms with Crippen molar-refractivity contribution in [2.24, 2.45) is 5.92 Å². The number of pyridine rings is 1. The van der Waals surface area contributed by atoms with Crippen molar-refractivity contribution < 1.29 is 14.7 Å². The monoisotopic (exact) mass is 278 g/mol. The number of aliphatic carboxylic acids is 1. The molecular formula is C15H22N2O3. The molecule has 1 rings (SSSR count). The Kier molecular flexibility index (Phi) is 6.70. The van der Waals surface area contributed by atoms with E-state index in [9.17, 15) is 9.59 Å². The number of rotatable bonds is 8. The lowest BCUT2D eigenvalue weighted by molar-refractivity contribution is -0.141. The van der Waals surface area contributed by atoms with Gasteiger partial charge in [0.2, 0.25) is 0 Å². The summed E-state index contributed by atoms with van der Waals surface area (Å²) >= 11 is 0. The normalized spacial score (nSPS) is 11.9. The number of aromatic nitrogens is 1. The Morgan fingerprint density at radius 2 is 2.15 bits per heavy atom. The predicted octanol–water partition coefficient (Wildman–Crippen LogP) is 2.43. The fourth-order valence-corrected chi connectivity index (χ4v) is 1.91. The van der Waals surface area contributed by atoms with E-state index in [1.54, 1.807) is 30.2 Å². The molecule has 1 aromatic heterocycles. The van der Waals surface area contributed by atoms with E-state index >= 15 is 0 Å². The summed E-state index contributed by atoms with van der Waals surface area (Å²) in [6.45, 7) is 4.52. The predicted molar refractivity (Wildman–Crippen MR) is 76.5 cm³/mol. The fourth-order valence-electron chi connectivity index (χ4n) is 1.91. The summed E-state index contributed by atoms with van der Waals surface area (Å²) in [5, 5.41) is 9.00. The molecule has 0 aliphatic rings. The number of carboxylic acids is 1. The average molecular weight is 278 g/mol. The Bertz CT molecular complexity index is 434. The van der Waals surface area contributed by atoms with Gasteiger partial charge in [0.05, 0.1) is 11.5 Å². The molecule has 0 aliphatic carbocycles. The zero-order valence-corrected chi connectivity index (χ0v) is 12.1. The van der Waals surface area contributed by atoms with Gasteiger partial charge in [0.15, 0.2) is 0 Å². The van der Waals surface area contributed by atoms with Gasteiger partial charge < -0.3 is 10.0 Å². The summed E-state index contributed by atoms with van der Waals surface area (Å²) in [5.74, 6) is -1.61. The fraction of sp³-hybridized carbons (Fsp3) is 0.533. The molecule has 1 heterocycles. The summed E-state index contributed by atoms with van der Waals surface area (Å²) in [4.78, 5) is 28.9. The number of carboxylic acid groups (broad SMARTS) is 1. The standard InChI is InChI=1S/C15H22N2O3/c1-3-4-5-9-17(11-12(2)15(19)20)14(18)13-7-6-8-16-10-13/h6-8,10,12H,3-5,9,11H2,1-2H3,(H,19,20). The summed E-state index contributed by atoms with van der Waals surface area (Å²) in [6.07, 6.45) is 6.09. The Balaban J connectivity index is 2.75. The largest absolute Gasteiger partial charge is 0.481 e. The maximum Gasteiger partial charge on any atom is 0.308 e. The molecule has 0 saturated heterocycles. The second kappa shape index (κ2) is 8.30. The van der Waals surface area contributed by atoms with Gasteiger partial charge in [-0.1, -0.05) is 26.7 Å². The number of unbranched alkanes of at least 4 members (excludes halogenated alkanes) is 2. The number of carbonyl (C=O) groups excluding carboxylic acids is 1. The zero-order chi connectivity index (χ0) is 15.0. The molecule has 0 spiro atoms. The molecule has 0 saturated carbocycles. The van der Waals surface area contributed by atoms with Crippen LogP contribution in [0.25, 0.3) is 0 Å². The van der Waals surface area contributed by atoms with Crippen LogP contribution >= 0.6 is 0 Å². The van der Waals surface area contributed by atoms with Gasteiger partial charge in [-0.05, 0) is 18.6 Å². The van der Waals surface area contributed by atoms with Gasteiger partial charge in [0.1, 0.15) is 0 Å². The maximum absolute atomic E-state index is 12.4. The van der Waals surface area contributed by atoms with Gasteiger partial charge in [-0.15, -0.1) is 0 Å². The molecule has 20 heavy (non-hydrogen) atoms. The van der Waals surface area contributed by atoms with Crippen molar-refractivity contribution in [3.8, 4) is 0 Å². The molecular weight excluding hydrogens is 256 g/mol. The molecule has 1 unspecified atom stereocenters. The van der Waals surface area contributed by atoms with Crippen LogP contribution in [0, 0.1) is 5.92 Å². The molecule has 0 aromatic carbocycles. The Labute approximate surface area is 119 Å². The van der Waals surface area contributed by atoms with E-state index in [2.05, 4.69) is 11.9 Å². The first kappa shape index (κ1) is 16.1. The van der Waals surface area contributed by atoms with Crippen LogP contribution in [-0.4, -0.2) is 40.0 Å². The van der Waals surface area contributed by atoms with Crippen molar-refractivity contribution in [2.45, 2.75) is 33.1 Å². The summed E-state index contributed by atoms with van der Waals surface area (Å²) in [5.41, 5.74) is 0.501. The van der Waals surface area contributed by atoms with Crippen LogP contribution in [0.3, 0.4) is 0 Å². The van der Waals surface area contributed by atoms with Crippen molar-refractivity contribution in [1.82, 2.24) is 9.88 Å². The van der Waals surface area contributed by atoms with Crippen LogP contribution in [0.15, 0.2) is 24.5 Å². The number of amides is 1. The maximum atomic E-state index is 12.4. The van der Waals surface area contributed by atoms with Gasteiger partial charge in [0.25, 0.3) is 5.91 Å². The summed E-state index contributed by atoms with van der Waals surface area (Å²) in [7, 11) is 0. The number of hydrogen-bond acceptors (Lipinski definition) is 3. The highest BCUT2D eigenvalue weighted by atomic mass is 16.4. The van der Waals surface area contributed by atoms with E-state index in [1.807, 2.05) is 0 Å². The van der Waals surface area contributed by atoms with E-state index in [4.69, 9.17) is 5.11 Å². The first-order valence-electron chi connectivity index (χ1n) is 6.98. The highest BCUT2D eigenvalue weighted by Gasteiger charge is 2.21. The lowest BCUT2D eigenvalue weighted by atomic mass is 10.1. The third-order valence-electron chi connectivity index (χ3n) is 3.14. The van der Waals surface area contributed by atoms with Crippen molar-refractivity contribution in [1.29, 1.82) is 0 Å². The molecule has 0 bridgehead atoms. The van der Waals surface area contributed by atoms with E-state index in [0.29, 0.717) is 12.1 Å². The van der Waals surface area contributed by atoms with Crippen molar-refractivity contribution in [2.75, 3.05) is 13.1 Å². The van der Waals surface area contributed by atoms with E-state index in [0.717, 1.165) is 19.3 Å². The Morgan fingerprint density at radius 1 is 1.40 bits per heavy atom. The zero-order valence-electron chi connectivity index (χ0n) is 12.1. The first-order valence-corrected chi connectivity index (χ1v) is 6.98. The lowest BCUT2D eigenvalue weighted by Gasteiger charge is -2.24. The molecule has 5 heteroatoms. The third-order valence-corrected chi connectivity index (χ3v) is 3.14. The first-order chi connectivity index (χ1) is 9.56. The Hall–Kier alpha value is -1.91. The molecule has 1 N–H and O–H groups in total. The number of nitrogens with zero attached hydrogens (tertiary/aromatic N) is 2. The van der Waals surface area contributed by atoms with Crippen LogP contribution in [0.5, 0.6) is 0 Å². The Morgan fingerprint density at radius 3 is 2.70 bits per heavy atom. The number of hydrogen-bond donors (Lipinski definition) is 1. The minimum absolute atomic E-state index is 0.151. The average Bonchev–Trinajstić information content (AvgIpc) is 2.46. The minimum atomic E-state index is -0.885. The topological polar surface area (TPSA) is 70.5 Å². The van der Waals surface area contributed by atoms with Crippen LogP contribution in [0.4, 0.5) is 0 Å². The summed E-state index contributed by atoms with van der Waals surface area (Å²) in [6, 6.07) is 3.41. The quantitative estimate of drug-likeness (QED) is 0.741. The van der Waals surface area contributed by atoms with Gasteiger partial charge in [-0.3, -0.25) is 14.6 Å².